The molecule has 1 rings (SSSR count). The molecule has 23 heavy (non-hydrogen) atoms. The Bertz CT molecular complexity index is 355. The fraction of sp³-hybridized carbons (Fsp3) is 0.882. The first-order valence-electron chi connectivity index (χ1n) is 8.79. The maximum absolute atomic E-state index is 11.9. The molecule has 0 aromatic rings. The topological polar surface area (TPSA) is 70.7 Å². The second-order valence-electron chi connectivity index (χ2n) is 6.60. The van der Waals surface area contributed by atoms with Crippen LogP contribution in [0.15, 0.2) is 0 Å². The van der Waals surface area contributed by atoms with Crippen LogP contribution in [0, 0.1) is 5.92 Å². The van der Waals surface area contributed by atoms with Crippen LogP contribution < -0.4 is 10.6 Å². The van der Waals surface area contributed by atoms with E-state index in [4.69, 9.17) is 0 Å². The molecule has 1 aliphatic rings. The minimum absolute atomic E-state index is 0.120. The zero-order valence-electron chi connectivity index (χ0n) is 14.9. The van der Waals surface area contributed by atoms with Crippen LogP contribution in [0.25, 0.3) is 0 Å². The van der Waals surface area contributed by atoms with Crippen molar-refractivity contribution in [3.05, 3.63) is 0 Å². The van der Waals surface area contributed by atoms with Gasteiger partial charge in [-0.25, -0.2) is 4.79 Å². The van der Waals surface area contributed by atoms with Crippen LogP contribution in [0.3, 0.4) is 0 Å². The first-order chi connectivity index (χ1) is 11.0. The number of carbonyl (C=O) groups excluding carboxylic acids is 2. The third-order valence-corrected chi connectivity index (χ3v) is 4.65. The van der Waals surface area contributed by atoms with E-state index in [-0.39, 0.29) is 12.0 Å². The van der Waals surface area contributed by atoms with Gasteiger partial charge in [-0.3, -0.25) is 4.79 Å². The zero-order valence-corrected chi connectivity index (χ0v) is 14.9. The lowest BCUT2D eigenvalue weighted by atomic mass is 9.83. The van der Waals surface area contributed by atoms with E-state index in [0.717, 1.165) is 12.8 Å². The predicted molar refractivity (Wildman–Crippen MR) is 91.3 cm³/mol. The lowest BCUT2D eigenvalue weighted by Crippen LogP contribution is -2.48. The van der Waals surface area contributed by atoms with Crippen LogP contribution in [-0.2, 0) is 9.53 Å². The molecule has 0 saturated heterocycles. The molecule has 2 amide bonds. The molecule has 0 aromatic heterocycles. The van der Waals surface area contributed by atoms with Gasteiger partial charge in [-0.1, -0.05) is 19.3 Å². The highest BCUT2D eigenvalue weighted by atomic mass is 16.5. The quantitative estimate of drug-likeness (QED) is 0.503. The van der Waals surface area contributed by atoms with Gasteiger partial charge in [0, 0.05) is 25.6 Å². The van der Waals surface area contributed by atoms with Gasteiger partial charge in [0.15, 0.2) is 0 Å². The lowest BCUT2D eigenvalue weighted by molar-refractivity contribution is -0.140. The average Bonchev–Trinajstić information content (AvgIpc) is 2.55. The summed E-state index contributed by atoms with van der Waals surface area (Å²) in [4.78, 5) is 25.1. The van der Waals surface area contributed by atoms with Crippen molar-refractivity contribution < 1.29 is 14.3 Å². The molecule has 0 radical (unpaired) electrons. The number of methoxy groups -OCH3 is 1. The Morgan fingerprint density at radius 3 is 2.43 bits per heavy atom. The molecule has 6 nitrogen and oxygen atoms in total. The van der Waals surface area contributed by atoms with E-state index in [1.165, 1.54) is 39.2 Å². The molecule has 0 heterocycles. The van der Waals surface area contributed by atoms with Crippen molar-refractivity contribution in [2.75, 3.05) is 34.3 Å². The van der Waals surface area contributed by atoms with Crippen molar-refractivity contribution in [1.29, 1.82) is 0 Å². The number of carbonyl (C=O) groups is 2. The summed E-state index contributed by atoms with van der Waals surface area (Å²) >= 11 is 0. The molecule has 2 N–H and O–H groups in total. The number of unbranched alkanes of at least 4 members (excludes halogenated alkanes) is 1. The monoisotopic (exact) mass is 327 g/mol. The van der Waals surface area contributed by atoms with E-state index >= 15 is 0 Å². The van der Waals surface area contributed by atoms with Gasteiger partial charge in [-0.15, -0.1) is 0 Å². The molecule has 6 heteroatoms. The number of nitrogens with one attached hydrogen (secondary N) is 2. The van der Waals surface area contributed by atoms with Crippen molar-refractivity contribution in [2.24, 2.45) is 5.92 Å². The number of hydrogen-bond acceptors (Lipinski definition) is 4. The Morgan fingerprint density at radius 1 is 1.13 bits per heavy atom. The highest BCUT2D eigenvalue weighted by Crippen LogP contribution is 2.27. The van der Waals surface area contributed by atoms with Crippen molar-refractivity contribution in [3.8, 4) is 0 Å². The van der Waals surface area contributed by atoms with Crippen molar-refractivity contribution in [1.82, 2.24) is 15.5 Å². The molecule has 0 aliphatic heterocycles. The van der Waals surface area contributed by atoms with E-state index in [1.807, 2.05) is 0 Å². The zero-order chi connectivity index (χ0) is 17.1. The Labute approximate surface area is 140 Å². The summed E-state index contributed by atoms with van der Waals surface area (Å²) in [6, 6.07) is 0.283. The van der Waals surface area contributed by atoms with E-state index in [1.54, 1.807) is 0 Å². The number of esters is 1. The van der Waals surface area contributed by atoms with Crippen molar-refractivity contribution >= 4 is 12.0 Å². The lowest BCUT2D eigenvalue weighted by Gasteiger charge is -2.34. The number of likely N-dealkylation sites (N-methyl/N-ethyl adjacent to an activating group) is 1. The number of hydrogen-bond donors (Lipinski definition) is 2. The third kappa shape index (κ3) is 8.21. The summed E-state index contributed by atoms with van der Waals surface area (Å²) in [6.07, 6.45) is 8.40. The summed E-state index contributed by atoms with van der Waals surface area (Å²) in [5, 5.41) is 5.84. The third-order valence-electron chi connectivity index (χ3n) is 4.65. The number of rotatable bonds is 9. The molecule has 1 aliphatic carbocycles. The number of amides is 2. The largest absolute Gasteiger partial charge is 0.469 e. The van der Waals surface area contributed by atoms with Gasteiger partial charge in [0.25, 0.3) is 0 Å². The number of urea groups is 1. The van der Waals surface area contributed by atoms with E-state index in [0.29, 0.717) is 31.5 Å². The molecular formula is C17H33N3O3. The van der Waals surface area contributed by atoms with E-state index in [9.17, 15) is 9.59 Å². The predicted octanol–water partition coefficient (Wildman–Crippen LogP) is 2.14. The van der Waals surface area contributed by atoms with Gasteiger partial charge in [0.2, 0.25) is 0 Å². The molecular weight excluding hydrogens is 294 g/mol. The Morgan fingerprint density at radius 2 is 1.83 bits per heavy atom. The molecule has 1 unspecified atom stereocenters. The van der Waals surface area contributed by atoms with Crippen LogP contribution in [-0.4, -0.2) is 57.2 Å². The maximum atomic E-state index is 11.9. The van der Waals surface area contributed by atoms with Crippen LogP contribution in [0.2, 0.25) is 0 Å². The highest BCUT2D eigenvalue weighted by molar-refractivity contribution is 5.73. The van der Waals surface area contributed by atoms with Gasteiger partial charge < -0.3 is 20.3 Å². The Hall–Kier alpha value is -1.30. The minimum Gasteiger partial charge on any atom is -0.469 e. The second-order valence-corrected chi connectivity index (χ2v) is 6.60. The summed E-state index contributed by atoms with van der Waals surface area (Å²) in [5.41, 5.74) is 0. The molecule has 1 fully saturated rings. The fourth-order valence-electron chi connectivity index (χ4n) is 3.25. The van der Waals surface area contributed by atoms with E-state index < -0.39 is 0 Å². The first-order valence-corrected chi connectivity index (χ1v) is 8.79. The SMILES string of the molecule is COC(=O)CCCCNC(=O)NCC(C1CCCCC1)N(C)C. The summed E-state index contributed by atoms with van der Waals surface area (Å²) in [7, 11) is 5.57. The molecule has 1 saturated carbocycles. The molecule has 0 spiro atoms. The smallest absolute Gasteiger partial charge is 0.314 e. The van der Waals surface area contributed by atoms with Gasteiger partial charge in [0.05, 0.1) is 7.11 Å². The van der Waals surface area contributed by atoms with Gasteiger partial charge >= 0.3 is 12.0 Å². The first kappa shape index (κ1) is 19.7. The van der Waals surface area contributed by atoms with Crippen LogP contribution in [0.1, 0.15) is 51.4 Å². The normalized spacial score (nSPS) is 16.9. The number of ether oxygens (including phenoxy) is 1. The van der Waals surface area contributed by atoms with Gasteiger partial charge in [-0.05, 0) is 45.7 Å². The van der Waals surface area contributed by atoms with Gasteiger partial charge in [-0.2, -0.15) is 0 Å². The molecule has 0 bridgehead atoms. The van der Waals surface area contributed by atoms with Crippen LogP contribution in [0.5, 0.6) is 0 Å². The Balaban J connectivity index is 2.18. The molecule has 0 aromatic carbocycles. The molecule has 134 valence electrons. The standard InChI is InChI=1S/C17H33N3O3/c1-20(2)15(14-9-5-4-6-10-14)13-19-17(22)18-12-8-7-11-16(21)23-3/h14-15H,4-13H2,1-3H3,(H2,18,19,22). The van der Waals surface area contributed by atoms with Crippen LogP contribution in [0.4, 0.5) is 4.79 Å². The van der Waals surface area contributed by atoms with Crippen molar-refractivity contribution in [3.63, 3.8) is 0 Å². The molecule has 1 atom stereocenters. The summed E-state index contributed by atoms with van der Waals surface area (Å²) in [5.74, 6) is 0.481. The van der Waals surface area contributed by atoms with Crippen molar-refractivity contribution in [2.45, 2.75) is 57.4 Å². The fourth-order valence-corrected chi connectivity index (χ4v) is 3.25. The van der Waals surface area contributed by atoms with Gasteiger partial charge in [0.1, 0.15) is 0 Å². The summed E-state index contributed by atoms with van der Waals surface area (Å²) in [6.45, 7) is 1.27. The summed E-state index contributed by atoms with van der Waals surface area (Å²) < 4.78 is 4.58. The van der Waals surface area contributed by atoms with Crippen LogP contribution >= 0.6 is 0 Å². The highest BCUT2D eigenvalue weighted by Gasteiger charge is 2.25. The second kappa shape index (κ2) is 11.3. The average molecular weight is 327 g/mol. The minimum atomic E-state index is -0.198. The Kier molecular flexibility index (Phi) is 9.67. The number of nitrogens with zero attached hydrogens (tertiary/aromatic N) is 1. The maximum Gasteiger partial charge on any atom is 0.314 e. The van der Waals surface area contributed by atoms with E-state index in [2.05, 4.69) is 34.4 Å².